The van der Waals surface area contributed by atoms with Gasteiger partial charge in [0.25, 0.3) is 0 Å². The van der Waals surface area contributed by atoms with E-state index in [9.17, 15) is 0 Å². The molecule has 0 aliphatic rings. The Morgan fingerprint density at radius 3 is 2.38 bits per heavy atom. The molecule has 0 bridgehead atoms. The van der Waals surface area contributed by atoms with Crippen LogP contribution in [-0.2, 0) is 0 Å². The zero-order valence-corrected chi connectivity index (χ0v) is 7.30. The van der Waals surface area contributed by atoms with Crippen molar-refractivity contribution in [1.29, 1.82) is 0 Å². The molecule has 0 rings (SSSR count). The minimum absolute atomic E-state index is 0.737. The standard InChI is InChI=1S/C5H12N.CH3.Al/c1-4-5-6(2)3;;/h1,4-5H2,2-3H3;1H3;/q;;+1. The first-order valence-corrected chi connectivity index (χ1v) is 5.17. The summed E-state index contributed by atoms with van der Waals surface area (Å²) in [5, 5.41) is 1.46. The summed E-state index contributed by atoms with van der Waals surface area (Å²) in [5.74, 6) is 2.32. The van der Waals surface area contributed by atoms with Gasteiger partial charge in [0.05, 0.1) is 0 Å². The van der Waals surface area contributed by atoms with Gasteiger partial charge in [-0.25, -0.2) is 0 Å². The van der Waals surface area contributed by atoms with Gasteiger partial charge < -0.3 is 0 Å². The second kappa shape index (κ2) is 5.63. The first kappa shape index (κ1) is 8.49. The third-order valence-electron chi connectivity index (χ3n) is 1.10. The second-order valence-electron chi connectivity index (χ2n) is 2.35. The van der Waals surface area contributed by atoms with E-state index >= 15 is 0 Å². The van der Waals surface area contributed by atoms with E-state index in [4.69, 9.17) is 0 Å². The van der Waals surface area contributed by atoms with Gasteiger partial charge in [-0.15, -0.1) is 0 Å². The van der Waals surface area contributed by atoms with Crippen LogP contribution < -0.4 is 0 Å². The van der Waals surface area contributed by atoms with Crippen molar-refractivity contribution in [1.82, 2.24) is 4.90 Å². The van der Waals surface area contributed by atoms with Gasteiger partial charge in [0.15, 0.2) is 0 Å². The summed E-state index contributed by atoms with van der Waals surface area (Å²) in [4.78, 5) is 2.25. The van der Waals surface area contributed by atoms with E-state index in [2.05, 4.69) is 24.8 Å². The van der Waals surface area contributed by atoms with Crippen LogP contribution in [-0.4, -0.2) is 40.8 Å². The SMILES string of the molecule is [CH3][Al+][CH2]CCN(C)C. The van der Waals surface area contributed by atoms with Gasteiger partial charge in [-0.1, -0.05) is 0 Å². The molecule has 0 radical (unpaired) electrons. The monoisotopic (exact) mass is 128 g/mol. The normalized spacial score (nSPS) is 9.50. The van der Waals surface area contributed by atoms with Crippen LogP contribution in [0.4, 0.5) is 0 Å². The zero-order valence-electron chi connectivity index (χ0n) is 6.15. The average Bonchev–Trinajstić information content (AvgIpc) is 1.66. The Balaban J connectivity index is 2.72. The first-order chi connectivity index (χ1) is 3.77. The van der Waals surface area contributed by atoms with Crippen LogP contribution in [0.1, 0.15) is 6.42 Å². The Bertz CT molecular complexity index is 45.8. The molecule has 0 aromatic carbocycles. The fraction of sp³-hybridized carbons (Fsp3) is 1.00. The van der Waals surface area contributed by atoms with Gasteiger partial charge in [0.1, 0.15) is 0 Å². The molecule has 0 N–H and O–H groups in total. The molecule has 0 heterocycles. The third-order valence-corrected chi connectivity index (χ3v) is 2.08. The Labute approximate surface area is 58.8 Å². The van der Waals surface area contributed by atoms with Crippen molar-refractivity contribution in [2.45, 2.75) is 17.5 Å². The Kier molecular flexibility index (Phi) is 5.97. The molecule has 0 fully saturated rings. The zero-order chi connectivity index (χ0) is 6.41. The van der Waals surface area contributed by atoms with E-state index < -0.39 is 0 Å². The predicted molar refractivity (Wildman–Crippen MR) is 39.6 cm³/mol. The molecule has 0 aliphatic carbocycles. The van der Waals surface area contributed by atoms with Crippen molar-refractivity contribution in [3.05, 3.63) is 0 Å². The maximum absolute atomic E-state index is 2.32. The van der Waals surface area contributed by atoms with Crippen molar-refractivity contribution in [2.75, 3.05) is 20.6 Å². The van der Waals surface area contributed by atoms with Gasteiger partial charge in [-0.3, -0.25) is 0 Å². The van der Waals surface area contributed by atoms with Crippen molar-refractivity contribution in [3.63, 3.8) is 0 Å². The predicted octanol–water partition coefficient (Wildman–Crippen LogP) is 1.11. The molecule has 0 saturated heterocycles. The summed E-state index contributed by atoms with van der Waals surface area (Å²) in [6.45, 7) is 1.26. The molecule has 2 heteroatoms. The van der Waals surface area contributed by atoms with Crippen LogP contribution in [0.3, 0.4) is 0 Å². The molecular weight excluding hydrogens is 113 g/mol. The van der Waals surface area contributed by atoms with E-state index in [1.54, 1.807) is 0 Å². The first-order valence-electron chi connectivity index (χ1n) is 3.20. The molecule has 0 aliphatic heterocycles. The molecule has 0 atom stereocenters. The number of rotatable bonds is 4. The van der Waals surface area contributed by atoms with Gasteiger partial charge >= 0.3 is 58.2 Å². The maximum atomic E-state index is 2.32. The van der Waals surface area contributed by atoms with Gasteiger partial charge in [-0.05, 0) is 0 Å². The summed E-state index contributed by atoms with van der Waals surface area (Å²) in [6, 6.07) is 0. The second-order valence-corrected chi connectivity index (χ2v) is 3.75. The molecule has 0 unspecified atom stereocenters. The third kappa shape index (κ3) is 6.49. The molecular formula is C6H15AlN+. The quantitative estimate of drug-likeness (QED) is 0.405. The van der Waals surface area contributed by atoms with Crippen molar-refractivity contribution >= 4 is 15.2 Å². The Hall–Kier alpha value is 0.492. The van der Waals surface area contributed by atoms with Crippen molar-refractivity contribution in [3.8, 4) is 0 Å². The van der Waals surface area contributed by atoms with E-state index in [-0.39, 0.29) is 0 Å². The van der Waals surface area contributed by atoms with Crippen molar-refractivity contribution < 1.29 is 0 Å². The molecule has 46 valence electrons. The van der Waals surface area contributed by atoms with E-state index in [1.165, 1.54) is 18.2 Å². The molecule has 0 aromatic heterocycles. The van der Waals surface area contributed by atoms with Crippen LogP contribution in [0.25, 0.3) is 0 Å². The molecule has 0 saturated carbocycles. The molecule has 0 spiro atoms. The van der Waals surface area contributed by atoms with Crippen LogP contribution in [0, 0.1) is 0 Å². The summed E-state index contributed by atoms with van der Waals surface area (Å²) < 4.78 is 0. The molecule has 0 amide bonds. The Morgan fingerprint density at radius 1 is 1.38 bits per heavy atom. The van der Waals surface area contributed by atoms with Crippen LogP contribution >= 0.6 is 0 Å². The van der Waals surface area contributed by atoms with E-state index in [1.807, 2.05) is 0 Å². The van der Waals surface area contributed by atoms with Crippen LogP contribution in [0.15, 0.2) is 0 Å². The van der Waals surface area contributed by atoms with E-state index in [0.29, 0.717) is 0 Å². The average molecular weight is 128 g/mol. The van der Waals surface area contributed by atoms with Gasteiger partial charge in [0.2, 0.25) is 0 Å². The summed E-state index contributed by atoms with van der Waals surface area (Å²) in [6.07, 6.45) is 1.39. The topological polar surface area (TPSA) is 3.24 Å². The minimum atomic E-state index is 0.737. The summed E-state index contributed by atoms with van der Waals surface area (Å²) in [5.41, 5.74) is 0. The summed E-state index contributed by atoms with van der Waals surface area (Å²) >= 11 is 0.737. The molecule has 0 aromatic rings. The summed E-state index contributed by atoms with van der Waals surface area (Å²) in [7, 11) is 4.26. The van der Waals surface area contributed by atoms with Gasteiger partial charge in [-0.2, -0.15) is 0 Å². The fourth-order valence-corrected chi connectivity index (χ4v) is 1.20. The van der Waals surface area contributed by atoms with Gasteiger partial charge in [0, 0.05) is 0 Å². The number of hydrogen-bond donors (Lipinski definition) is 0. The van der Waals surface area contributed by atoms with E-state index in [0.717, 1.165) is 15.2 Å². The van der Waals surface area contributed by atoms with Crippen LogP contribution in [0.5, 0.6) is 0 Å². The number of nitrogens with zero attached hydrogens (tertiary/aromatic N) is 1. The molecule has 8 heavy (non-hydrogen) atoms. The van der Waals surface area contributed by atoms with Crippen molar-refractivity contribution in [2.24, 2.45) is 0 Å². The van der Waals surface area contributed by atoms with Crippen LogP contribution in [0.2, 0.25) is 11.1 Å². The fourth-order valence-electron chi connectivity index (χ4n) is 0.612. The Morgan fingerprint density at radius 2 is 2.00 bits per heavy atom. The number of hydrogen-bond acceptors (Lipinski definition) is 1. The molecule has 1 nitrogen and oxygen atoms in total.